The second-order valence-corrected chi connectivity index (χ2v) is 4.77. The van der Waals surface area contributed by atoms with Crippen LogP contribution in [0.2, 0.25) is 0 Å². The molecule has 1 aromatic carbocycles. The van der Waals surface area contributed by atoms with Crippen molar-refractivity contribution in [2.24, 2.45) is 5.73 Å². The first-order chi connectivity index (χ1) is 9.47. The van der Waals surface area contributed by atoms with Crippen LogP contribution >= 0.6 is 0 Å². The van der Waals surface area contributed by atoms with Crippen molar-refractivity contribution in [1.29, 1.82) is 0 Å². The average Bonchev–Trinajstić information content (AvgIpc) is 2.40. The van der Waals surface area contributed by atoms with Gasteiger partial charge in [0, 0.05) is 19.1 Å². The first kappa shape index (κ1) is 14.3. The van der Waals surface area contributed by atoms with E-state index in [0.717, 1.165) is 25.0 Å². The quantitative estimate of drug-likeness (QED) is 0.765. The molecule has 6 nitrogen and oxygen atoms in total. The number of nitrogens with one attached hydrogen (secondary N) is 1. The highest BCUT2D eigenvalue weighted by molar-refractivity contribution is 6.00. The lowest BCUT2D eigenvalue weighted by molar-refractivity contribution is 0.0697. The molecule has 2 amide bonds. The molecule has 0 aromatic heterocycles. The molecule has 1 saturated heterocycles. The predicted molar refractivity (Wildman–Crippen MR) is 71.2 cm³/mol. The van der Waals surface area contributed by atoms with E-state index in [4.69, 9.17) is 10.8 Å². The number of rotatable bonds is 2. The fourth-order valence-electron chi connectivity index (χ4n) is 2.19. The molecule has 1 aliphatic heterocycles. The molecule has 0 saturated carbocycles. The number of carbonyl (C=O) groups is 2. The Balaban J connectivity index is 2.13. The van der Waals surface area contributed by atoms with Gasteiger partial charge in [-0.15, -0.1) is 0 Å². The van der Waals surface area contributed by atoms with Gasteiger partial charge in [0.15, 0.2) is 0 Å². The van der Waals surface area contributed by atoms with E-state index >= 15 is 0 Å². The number of piperidine rings is 1. The zero-order chi connectivity index (χ0) is 14.7. The molecule has 108 valence electrons. The molecule has 0 bridgehead atoms. The molecule has 1 heterocycles. The van der Waals surface area contributed by atoms with Gasteiger partial charge in [-0.25, -0.2) is 14.0 Å². The van der Waals surface area contributed by atoms with Crippen molar-refractivity contribution >= 4 is 17.7 Å². The predicted octanol–water partition coefficient (Wildman–Crippen LogP) is 1.48. The van der Waals surface area contributed by atoms with Crippen LogP contribution in [-0.2, 0) is 0 Å². The fourth-order valence-corrected chi connectivity index (χ4v) is 2.19. The molecule has 1 unspecified atom stereocenters. The summed E-state index contributed by atoms with van der Waals surface area (Å²) < 4.78 is 13.0. The minimum absolute atomic E-state index is 0.0679. The summed E-state index contributed by atoms with van der Waals surface area (Å²) in [5.41, 5.74) is 5.58. The molecule has 4 N–H and O–H groups in total. The minimum Gasteiger partial charge on any atom is -0.478 e. The van der Waals surface area contributed by atoms with E-state index in [2.05, 4.69) is 5.32 Å². The van der Waals surface area contributed by atoms with Crippen LogP contribution in [0.5, 0.6) is 0 Å². The van der Waals surface area contributed by atoms with Gasteiger partial charge < -0.3 is 21.1 Å². The molecule has 1 atom stereocenters. The number of hydrogen-bond donors (Lipinski definition) is 3. The van der Waals surface area contributed by atoms with E-state index < -0.39 is 17.8 Å². The summed E-state index contributed by atoms with van der Waals surface area (Å²) in [6.07, 6.45) is 1.67. The second kappa shape index (κ2) is 5.87. The maximum Gasteiger partial charge on any atom is 0.337 e. The van der Waals surface area contributed by atoms with Gasteiger partial charge in [0.1, 0.15) is 5.82 Å². The number of hydrogen-bond acceptors (Lipinski definition) is 3. The molecule has 20 heavy (non-hydrogen) atoms. The lowest BCUT2D eigenvalue weighted by atomic mass is 10.1. The summed E-state index contributed by atoms with van der Waals surface area (Å²) in [7, 11) is 0. The first-order valence-corrected chi connectivity index (χ1v) is 6.31. The third-order valence-electron chi connectivity index (χ3n) is 3.20. The highest BCUT2D eigenvalue weighted by Gasteiger charge is 2.22. The zero-order valence-electron chi connectivity index (χ0n) is 10.8. The number of carbonyl (C=O) groups excluding carboxylic acids is 1. The van der Waals surface area contributed by atoms with Gasteiger partial charge in [0.2, 0.25) is 0 Å². The Hall–Kier alpha value is -2.15. The molecule has 1 fully saturated rings. The Morgan fingerprint density at radius 1 is 1.45 bits per heavy atom. The van der Waals surface area contributed by atoms with E-state index in [9.17, 15) is 14.0 Å². The smallest absolute Gasteiger partial charge is 0.337 e. The Labute approximate surface area is 115 Å². The highest BCUT2D eigenvalue weighted by atomic mass is 19.1. The first-order valence-electron chi connectivity index (χ1n) is 6.31. The maximum absolute atomic E-state index is 13.0. The Kier molecular flexibility index (Phi) is 4.19. The summed E-state index contributed by atoms with van der Waals surface area (Å²) in [5.74, 6) is -1.96. The highest BCUT2D eigenvalue weighted by Crippen LogP contribution is 2.18. The van der Waals surface area contributed by atoms with Crippen LogP contribution in [-0.4, -0.2) is 41.1 Å². The van der Waals surface area contributed by atoms with E-state index in [1.54, 1.807) is 0 Å². The van der Waals surface area contributed by atoms with Gasteiger partial charge in [-0.1, -0.05) is 0 Å². The number of nitrogens with two attached hydrogens (primary N) is 1. The number of benzene rings is 1. The van der Waals surface area contributed by atoms with Crippen LogP contribution in [0.4, 0.5) is 14.9 Å². The van der Waals surface area contributed by atoms with Crippen molar-refractivity contribution in [3.05, 3.63) is 29.6 Å². The van der Waals surface area contributed by atoms with Crippen molar-refractivity contribution in [3.63, 3.8) is 0 Å². The van der Waals surface area contributed by atoms with Crippen LogP contribution in [0.25, 0.3) is 0 Å². The number of urea groups is 1. The third-order valence-corrected chi connectivity index (χ3v) is 3.20. The number of carboxylic acid groups (broad SMARTS) is 1. The molecule has 0 aliphatic carbocycles. The molecule has 7 heteroatoms. The number of nitrogens with zero attached hydrogens (tertiary/aromatic N) is 1. The number of likely N-dealkylation sites (tertiary alicyclic amines) is 1. The van der Waals surface area contributed by atoms with Crippen molar-refractivity contribution in [1.82, 2.24) is 4.90 Å². The lowest BCUT2D eigenvalue weighted by Crippen LogP contribution is -2.47. The maximum atomic E-state index is 13.0. The normalized spacial score (nSPS) is 18.7. The zero-order valence-corrected chi connectivity index (χ0v) is 10.8. The molecular formula is C13H16FN3O3. The topological polar surface area (TPSA) is 95.7 Å². The molecule has 0 radical (unpaired) electrons. The van der Waals surface area contributed by atoms with Crippen molar-refractivity contribution in [3.8, 4) is 0 Å². The van der Waals surface area contributed by atoms with E-state index in [1.165, 1.54) is 11.0 Å². The average molecular weight is 281 g/mol. The number of carboxylic acids is 1. The molecule has 0 spiro atoms. The number of halogens is 1. The van der Waals surface area contributed by atoms with E-state index in [-0.39, 0.29) is 17.3 Å². The van der Waals surface area contributed by atoms with E-state index in [1.807, 2.05) is 0 Å². The van der Waals surface area contributed by atoms with Gasteiger partial charge in [-0.3, -0.25) is 0 Å². The summed E-state index contributed by atoms with van der Waals surface area (Å²) in [6.45, 7) is 0.999. The van der Waals surface area contributed by atoms with Crippen LogP contribution in [0.15, 0.2) is 18.2 Å². The van der Waals surface area contributed by atoms with Gasteiger partial charge in [-0.2, -0.15) is 0 Å². The van der Waals surface area contributed by atoms with Crippen LogP contribution in [0, 0.1) is 5.82 Å². The number of aromatic carboxylic acids is 1. The number of amides is 2. The summed E-state index contributed by atoms with van der Waals surface area (Å²) >= 11 is 0. The lowest BCUT2D eigenvalue weighted by Gasteiger charge is -2.30. The summed E-state index contributed by atoms with van der Waals surface area (Å²) in [4.78, 5) is 24.6. The van der Waals surface area contributed by atoms with Crippen LogP contribution in [0.3, 0.4) is 0 Å². The minimum atomic E-state index is -1.30. The van der Waals surface area contributed by atoms with Crippen molar-refractivity contribution < 1.29 is 19.1 Å². The van der Waals surface area contributed by atoms with Crippen LogP contribution < -0.4 is 11.1 Å². The fraction of sp³-hybridized carbons (Fsp3) is 0.385. The summed E-state index contributed by atoms with van der Waals surface area (Å²) in [6, 6.07) is 2.72. The van der Waals surface area contributed by atoms with Gasteiger partial charge in [0.25, 0.3) is 0 Å². The second-order valence-electron chi connectivity index (χ2n) is 4.77. The standard InChI is InChI=1S/C13H16FN3O3/c14-8-3-4-11(10(6-8)12(18)19)16-13(20)17-5-1-2-9(15)7-17/h3-4,6,9H,1-2,5,7,15H2,(H,16,20)(H,18,19). The van der Waals surface area contributed by atoms with E-state index in [0.29, 0.717) is 13.1 Å². The Morgan fingerprint density at radius 2 is 2.20 bits per heavy atom. The monoisotopic (exact) mass is 281 g/mol. The van der Waals surface area contributed by atoms with Crippen LogP contribution in [0.1, 0.15) is 23.2 Å². The molecule has 2 rings (SSSR count). The molecule has 1 aliphatic rings. The SMILES string of the molecule is NC1CCCN(C(=O)Nc2ccc(F)cc2C(=O)O)C1. The molecular weight excluding hydrogens is 265 g/mol. The Bertz CT molecular complexity index is 536. The molecule has 1 aromatic rings. The van der Waals surface area contributed by atoms with Crippen molar-refractivity contribution in [2.75, 3.05) is 18.4 Å². The summed E-state index contributed by atoms with van der Waals surface area (Å²) in [5, 5.41) is 11.5. The van der Waals surface area contributed by atoms with Gasteiger partial charge in [-0.05, 0) is 31.0 Å². The Morgan fingerprint density at radius 3 is 2.85 bits per heavy atom. The van der Waals surface area contributed by atoms with Gasteiger partial charge in [0.05, 0.1) is 11.3 Å². The largest absolute Gasteiger partial charge is 0.478 e. The van der Waals surface area contributed by atoms with Crippen molar-refractivity contribution in [2.45, 2.75) is 18.9 Å². The van der Waals surface area contributed by atoms with Gasteiger partial charge >= 0.3 is 12.0 Å². The third kappa shape index (κ3) is 3.24. The number of anilines is 1.